The number of pyridine rings is 1. The van der Waals surface area contributed by atoms with Gasteiger partial charge in [-0.15, -0.1) is 47.6 Å². The molecular formula is C62H59N4OPt-3. The van der Waals surface area contributed by atoms with E-state index in [2.05, 4.69) is 266 Å². The topological polar surface area (TPSA) is 33.5 Å². The summed E-state index contributed by atoms with van der Waals surface area (Å²) in [7, 11) is 0. The molecule has 68 heavy (non-hydrogen) atoms. The molecule has 0 aliphatic carbocycles. The summed E-state index contributed by atoms with van der Waals surface area (Å²) in [6.45, 7) is 24.8. The predicted molar refractivity (Wildman–Crippen MR) is 279 cm³/mol. The van der Waals surface area contributed by atoms with E-state index in [-0.39, 0.29) is 37.3 Å². The monoisotopic (exact) mass is 1070 g/mol. The fourth-order valence-corrected chi connectivity index (χ4v) is 9.57. The molecule has 0 spiro atoms. The summed E-state index contributed by atoms with van der Waals surface area (Å²) in [6, 6.07) is 66.2. The molecule has 0 unspecified atom stereocenters. The SMILES string of the molecule is CC(C)(C)c1cccc(N2[CH-]N(c3[c-]c(Oc4[c-]c5c(cc4)c4cc(C(C)(C)c6ccccc6)ccc4n5-c4cc(C(C)(C)C)ccn4)c(C(C)(C)c4ccccc4)cc3)c3ccccc32)c1.[Pt]. The smallest absolute Gasteiger partial charge is 0.135 e. The van der Waals surface area contributed by atoms with Crippen LogP contribution in [0.1, 0.15) is 103 Å². The maximum Gasteiger partial charge on any atom is 0.135 e. The largest absolute Gasteiger partial charge is 0.509 e. The van der Waals surface area contributed by atoms with Crippen LogP contribution in [0.5, 0.6) is 11.5 Å². The third kappa shape index (κ3) is 8.45. The van der Waals surface area contributed by atoms with Gasteiger partial charge in [0.05, 0.1) is 0 Å². The molecule has 2 aromatic heterocycles. The van der Waals surface area contributed by atoms with E-state index in [1.54, 1.807) is 0 Å². The molecule has 9 aromatic rings. The van der Waals surface area contributed by atoms with Gasteiger partial charge in [-0.25, -0.2) is 4.98 Å². The third-order valence-electron chi connectivity index (χ3n) is 13.9. The summed E-state index contributed by atoms with van der Waals surface area (Å²) in [5.74, 6) is 2.08. The molecule has 10 rings (SSSR count). The second kappa shape index (κ2) is 17.6. The second-order valence-electron chi connectivity index (χ2n) is 21.1. The maximum atomic E-state index is 7.18. The Kier molecular flexibility index (Phi) is 12.1. The number of aromatic nitrogens is 2. The van der Waals surface area contributed by atoms with E-state index in [4.69, 9.17) is 9.72 Å². The molecule has 1 aliphatic heterocycles. The third-order valence-corrected chi connectivity index (χ3v) is 13.9. The molecule has 0 amide bonds. The molecule has 0 saturated heterocycles. The molecule has 0 atom stereocenters. The number of nitrogens with zero attached hydrogens (tertiary/aromatic N) is 4. The van der Waals surface area contributed by atoms with Crippen LogP contribution in [-0.4, -0.2) is 9.55 Å². The zero-order valence-electron chi connectivity index (χ0n) is 40.8. The van der Waals surface area contributed by atoms with Gasteiger partial charge in [-0.1, -0.05) is 172 Å². The van der Waals surface area contributed by atoms with E-state index < -0.39 is 5.41 Å². The first-order valence-corrected chi connectivity index (χ1v) is 23.5. The number of benzene rings is 7. The van der Waals surface area contributed by atoms with Gasteiger partial charge in [-0.3, -0.25) is 0 Å². The number of hydrogen-bond acceptors (Lipinski definition) is 4. The van der Waals surface area contributed by atoms with Crippen molar-refractivity contribution < 1.29 is 25.8 Å². The van der Waals surface area contributed by atoms with E-state index in [1.807, 2.05) is 6.20 Å². The van der Waals surface area contributed by atoms with Crippen LogP contribution in [0.3, 0.4) is 0 Å². The number of rotatable bonds is 9. The van der Waals surface area contributed by atoms with Crippen molar-refractivity contribution >= 4 is 44.6 Å². The van der Waals surface area contributed by atoms with Crippen molar-refractivity contribution in [2.24, 2.45) is 0 Å². The molecule has 7 aromatic carbocycles. The van der Waals surface area contributed by atoms with Gasteiger partial charge in [0, 0.05) is 66.8 Å². The molecule has 0 saturated carbocycles. The number of ether oxygens (including phenoxy) is 1. The summed E-state index contributed by atoms with van der Waals surface area (Å²) < 4.78 is 9.43. The Bertz CT molecular complexity index is 3280. The Morgan fingerprint density at radius 1 is 0.500 bits per heavy atom. The van der Waals surface area contributed by atoms with Crippen molar-refractivity contribution in [1.82, 2.24) is 9.55 Å². The second-order valence-corrected chi connectivity index (χ2v) is 21.1. The molecule has 346 valence electrons. The Morgan fingerprint density at radius 3 is 1.79 bits per heavy atom. The van der Waals surface area contributed by atoms with Crippen LogP contribution in [0.4, 0.5) is 22.7 Å². The molecule has 0 radical (unpaired) electrons. The van der Waals surface area contributed by atoms with Crippen LogP contribution in [-0.2, 0) is 42.7 Å². The maximum absolute atomic E-state index is 7.18. The van der Waals surface area contributed by atoms with E-state index in [0.717, 1.165) is 55.9 Å². The summed E-state index contributed by atoms with van der Waals surface area (Å²) in [5, 5.41) is 2.22. The predicted octanol–water partition coefficient (Wildman–Crippen LogP) is 16.2. The minimum atomic E-state index is -0.421. The molecule has 0 N–H and O–H groups in total. The summed E-state index contributed by atoms with van der Waals surface area (Å²) in [4.78, 5) is 9.50. The Balaban J connectivity index is 0.00000578. The van der Waals surface area contributed by atoms with Gasteiger partial charge in [0.25, 0.3) is 0 Å². The Hall–Kier alpha value is -6.42. The molecule has 3 heterocycles. The van der Waals surface area contributed by atoms with Crippen molar-refractivity contribution in [3.8, 4) is 17.3 Å². The number of para-hydroxylation sites is 2. The minimum Gasteiger partial charge on any atom is -0.509 e. The first kappa shape index (κ1) is 46.7. The average Bonchev–Trinajstić information content (AvgIpc) is 3.87. The number of fused-ring (bicyclic) bond motifs is 4. The van der Waals surface area contributed by atoms with E-state index in [1.165, 1.54) is 27.8 Å². The first-order valence-electron chi connectivity index (χ1n) is 23.5. The van der Waals surface area contributed by atoms with Crippen LogP contribution in [0, 0.1) is 18.8 Å². The van der Waals surface area contributed by atoms with Crippen LogP contribution >= 0.6 is 0 Å². The molecule has 0 bridgehead atoms. The normalized spacial score (nSPS) is 13.2. The van der Waals surface area contributed by atoms with E-state index in [9.17, 15) is 0 Å². The molecule has 1 aliphatic rings. The van der Waals surface area contributed by atoms with Crippen molar-refractivity contribution in [2.75, 3.05) is 9.80 Å². The fraction of sp³-hybridized carbons (Fsp3) is 0.226. The van der Waals surface area contributed by atoms with Crippen molar-refractivity contribution in [3.63, 3.8) is 0 Å². The standard InChI is InChI=1S/C62H59N4O.Pt/c1-59(2,3)44-24-19-25-47(36-44)64-41-65(55-27-18-17-26-54(55)64)48-29-32-52(62(9,10)43-22-15-12-16-23-43)57(39-48)67-49-30-31-50-51-37-46(61(7,8)42-20-13-11-14-21-42)28-33-53(51)66(56(50)40-49)58-38-45(34-35-63-58)60(4,5)6;/h11-38,41H,1-10H3;/q-3;. The van der Waals surface area contributed by atoms with Crippen LogP contribution in [0.25, 0.3) is 27.6 Å². The molecule has 5 nitrogen and oxygen atoms in total. The number of hydrogen-bond donors (Lipinski definition) is 0. The molecular weight excluding hydrogens is 1010 g/mol. The Labute approximate surface area is 417 Å². The fourth-order valence-electron chi connectivity index (χ4n) is 9.57. The van der Waals surface area contributed by atoms with Gasteiger partial charge >= 0.3 is 0 Å². The van der Waals surface area contributed by atoms with Crippen molar-refractivity contribution in [3.05, 3.63) is 222 Å². The van der Waals surface area contributed by atoms with Gasteiger partial charge in [0.2, 0.25) is 0 Å². The van der Waals surface area contributed by atoms with Crippen LogP contribution in [0.15, 0.2) is 170 Å². The van der Waals surface area contributed by atoms with Crippen LogP contribution in [0.2, 0.25) is 0 Å². The summed E-state index contributed by atoms with van der Waals surface area (Å²) in [5.41, 5.74) is 12.6. The molecule has 6 heteroatoms. The van der Waals surface area contributed by atoms with Crippen molar-refractivity contribution in [1.29, 1.82) is 0 Å². The zero-order valence-corrected chi connectivity index (χ0v) is 43.0. The van der Waals surface area contributed by atoms with E-state index in [0.29, 0.717) is 11.5 Å². The summed E-state index contributed by atoms with van der Waals surface area (Å²) >= 11 is 0. The van der Waals surface area contributed by atoms with Crippen molar-refractivity contribution in [2.45, 2.75) is 90.9 Å². The summed E-state index contributed by atoms with van der Waals surface area (Å²) in [6.07, 6.45) is 1.93. The average molecular weight is 1070 g/mol. The van der Waals surface area contributed by atoms with Gasteiger partial charge in [0.1, 0.15) is 5.82 Å². The van der Waals surface area contributed by atoms with E-state index >= 15 is 0 Å². The number of anilines is 4. The van der Waals surface area contributed by atoms with Gasteiger partial charge in [0.15, 0.2) is 0 Å². The van der Waals surface area contributed by atoms with Gasteiger partial charge in [-0.2, -0.15) is 12.1 Å². The van der Waals surface area contributed by atoms with Gasteiger partial charge < -0.3 is 19.1 Å². The Morgan fingerprint density at radius 2 is 1.12 bits per heavy atom. The molecule has 0 fully saturated rings. The van der Waals surface area contributed by atoms with Crippen LogP contribution < -0.4 is 14.5 Å². The first-order chi connectivity index (χ1) is 32.0. The minimum absolute atomic E-state index is 0. The van der Waals surface area contributed by atoms with Gasteiger partial charge in [-0.05, 0) is 91.9 Å². The quantitative estimate of drug-likeness (QED) is 0.135. The zero-order chi connectivity index (χ0) is 46.9.